The molecular weight excluding hydrogens is 290 g/mol. The van der Waals surface area contributed by atoms with Gasteiger partial charge in [0.1, 0.15) is 11.3 Å². The van der Waals surface area contributed by atoms with E-state index in [0.29, 0.717) is 18.4 Å². The lowest BCUT2D eigenvalue weighted by molar-refractivity contribution is -0.122. The number of hydrogen-bond acceptors (Lipinski definition) is 3. The topological polar surface area (TPSA) is 62.1 Å². The molecule has 22 heavy (non-hydrogen) atoms. The van der Waals surface area contributed by atoms with Crippen LogP contribution in [0.4, 0.5) is 8.78 Å². The van der Waals surface area contributed by atoms with Crippen LogP contribution in [0.1, 0.15) is 37.7 Å². The summed E-state index contributed by atoms with van der Waals surface area (Å²) in [5, 5.41) is 12.2. The summed E-state index contributed by atoms with van der Waals surface area (Å²) in [7, 11) is 0. The molecule has 1 fully saturated rings. The van der Waals surface area contributed by atoms with Crippen LogP contribution in [0.5, 0.6) is 5.75 Å². The number of ether oxygens (including phenoxy) is 1. The summed E-state index contributed by atoms with van der Waals surface area (Å²) in [6.45, 7) is -2.86. The molecule has 2 rings (SSSR count). The molecule has 1 amide bonds. The summed E-state index contributed by atoms with van der Waals surface area (Å²) in [5.41, 5.74) is -0.0725. The van der Waals surface area contributed by atoms with Crippen LogP contribution >= 0.6 is 0 Å². The maximum Gasteiger partial charge on any atom is 0.387 e. The van der Waals surface area contributed by atoms with E-state index in [4.69, 9.17) is 0 Å². The van der Waals surface area contributed by atoms with Gasteiger partial charge in [-0.1, -0.05) is 31.4 Å². The molecule has 1 saturated carbocycles. The highest BCUT2D eigenvalue weighted by Crippen LogP contribution is 2.27. The Morgan fingerprint density at radius 2 is 1.91 bits per heavy atom. The highest BCUT2D eigenvalue weighted by molar-refractivity contribution is 5.79. The second-order valence-electron chi connectivity index (χ2n) is 5.50. The zero-order valence-corrected chi connectivity index (χ0v) is 12.1. The third-order valence-corrected chi connectivity index (χ3v) is 3.81. The second kappa shape index (κ2) is 7.21. The zero-order valence-electron chi connectivity index (χ0n) is 12.1. The number of hydrogen-bond donors (Lipinski definition) is 1. The number of nitrogens with zero attached hydrogens (tertiary/aromatic N) is 1. The standard InChI is InChI=1S/C16H18F2N2O2/c17-15(18)22-13-6-4-12(5-7-13)10-14(21)20-16(11-19)8-2-1-3-9-16/h4-7,15H,1-3,8-10H2,(H,20,21). The number of halogens is 2. The minimum Gasteiger partial charge on any atom is -0.435 e. The number of nitriles is 1. The van der Waals surface area contributed by atoms with E-state index in [1.807, 2.05) is 0 Å². The van der Waals surface area contributed by atoms with Crippen molar-refractivity contribution in [3.05, 3.63) is 29.8 Å². The van der Waals surface area contributed by atoms with Gasteiger partial charge in [0.15, 0.2) is 0 Å². The third-order valence-electron chi connectivity index (χ3n) is 3.81. The van der Waals surface area contributed by atoms with Crippen molar-refractivity contribution < 1.29 is 18.3 Å². The smallest absolute Gasteiger partial charge is 0.387 e. The van der Waals surface area contributed by atoms with Crippen molar-refractivity contribution in [1.82, 2.24) is 5.32 Å². The fourth-order valence-corrected chi connectivity index (χ4v) is 2.71. The average Bonchev–Trinajstić information content (AvgIpc) is 2.49. The lowest BCUT2D eigenvalue weighted by Gasteiger charge is -2.31. The summed E-state index contributed by atoms with van der Waals surface area (Å²) < 4.78 is 28.4. The lowest BCUT2D eigenvalue weighted by Crippen LogP contribution is -2.49. The highest BCUT2D eigenvalue weighted by Gasteiger charge is 2.33. The van der Waals surface area contributed by atoms with Gasteiger partial charge in [0, 0.05) is 0 Å². The van der Waals surface area contributed by atoms with E-state index in [9.17, 15) is 18.8 Å². The summed E-state index contributed by atoms with van der Waals surface area (Å²) >= 11 is 0. The van der Waals surface area contributed by atoms with Crippen molar-refractivity contribution in [2.45, 2.75) is 50.7 Å². The van der Waals surface area contributed by atoms with Gasteiger partial charge in [-0.2, -0.15) is 14.0 Å². The van der Waals surface area contributed by atoms with Crippen LogP contribution in [-0.4, -0.2) is 18.1 Å². The van der Waals surface area contributed by atoms with Crippen molar-refractivity contribution in [2.24, 2.45) is 0 Å². The Morgan fingerprint density at radius 3 is 2.45 bits per heavy atom. The highest BCUT2D eigenvalue weighted by atomic mass is 19.3. The fraction of sp³-hybridized carbons (Fsp3) is 0.500. The van der Waals surface area contributed by atoms with Gasteiger partial charge in [-0.05, 0) is 30.5 Å². The first-order valence-electron chi connectivity index (χ1n) is 7.29. The second-order valence-corrected chi connectivity index (χ2v) is 5.50. The van der Waals surface area contributed by atoms with Gasteiger partial charge >= 0.3 is 6.61 Å². The van der Waals surface area contributed by atoms with Crippen LogP contribution in [0.3, 0.4) is 0 Å². The normalized spacial score (nSPS) is 16.8. The number of carbonyl (C=O) groups excluding carboxylic acids is 1. The first-order chi connectivity index (χ1) is 10.5. The molecule has 0 aromatic heterocycles. The van der Waals surface area contributed by atoms with E-state index < -0.39 is 12.2 Å². The molecule has 6 heteroatoms. The van der Waals surface area contributed by atoms with Gasteiger partial charge in [-0.25, -0.2) is 0 Å². The minimum absolute atomic E-state index is 0.0555. The number of alkyl halides is 2. The molecule has 0 spiro atoms. The molecule has 1 N–H and O–H groups in total. The number of benzene rings is 1. The van der Waals surface area contributed by atoms with E-state index in [2.05, 4.69) is 16.1 Å². The minimum atomic E-state index is -2.86. The van der Waals surface area contributed by atoms with Gasteiger partial charge in [0.05, 0.1) is 12.5 Å². The Kier molecular flexibility index (Phi) is 5.31. The summed E-state index contributed by atoms with van der Waals surface area (Å²) in [5.74, 6) is -0.175. The molecule has 1 aromatic rings. The molecule has 1 aliphatic rings. The Balaban J connectivity index is 1.92. The van der Waals surface area contributed by atoms with Crippen LogP contribution in [0.15, 0.2) is 24.3 Å². The molecule has 0 radical (unpaired) electrons. The predicted octanol–water partition coefficient (Wildman–Crippen LogP) is 3.17. The van der Waals surface area contributed by atoms with Crippen molar-refractivity contribution in [2.75, 3.05) is 0 Å². The van der Waals surface area contributed by atoms with Gasteiger partial charge < -0.3 is 10.1 Å². The Morgan fingerprint density at radius 1 is 1.27 bits per heavy atom. The zero-order chi connectivity index (χ0) is 16.0. The largest absolute Gasteiger partial charge is 0.435 e. The molecule has 0 atom stereocenters. The maximum absolute atomic E-state index is 12.1. The summed E-state index contributed by atoms with van der Waals surface area (Å²) in [6, 6.07) is 8.16. The van der Waals surface area contributed by atoms with Crippen LogP contribution < -0.4 is 10.1 Å². The fourth-order valence-electron chi connectivity index (χ4n) is 2.71. The quantitative estimate of drug-likeness (QED) is 0.908. The van der Waals surface area contributed by atoms with Gasteiger partial charge in [0.2, 0.25) is 5.91 Å². The molecule has 118 valence electrons. The van der Waals surface area contributed by atoms with Crippen LogP contribution in [0.2, 0.25) is 0 Å². The number of nitrogens with one attached hydrogen (secondary N) is 1. The van der Waals surface area contributed by atoms with Gasteiger partial charge in [-0.15, -0.1) is 0 Å². The Bertz CT molecular complexity index is 546. The van der Waals surface area contributed by atoms with Crippen molar-refractivity contribution in [1.29, 1.82) is 5.26 Å². The third kappa shape index (κ3) is 4.42. The summed E-state index contributed by atoms with van der Waals surface area (Å²) in [4.78, 5) is 12.1. The Hall–Kier alpha value is -2.16. The first kappa shape index (κ1) is 16.2. The molecule has 4 nitrogen and oxygen atoms in total. The molecule has 1 aliphatic carbocycles. The van der Waals surface area contributed by atoms with Gasteiger partial charge in [0.25, 0.3) is 0 Å². The lowest BCUT2D eigenvalue weighted by atomic mass is 9.82. The monoisotopic (exact) mass is 308 g/mol. The van der Waals surface area contributed by atoms with Crippen molar-refractivity contribution in [3.63, 3.8) is 0 Å². The molecule has 1 aromatic carbocycles. The van der Waals surface area contributed by atoms with Gasteiger partial charge in [-0.3, -0.25) is 4.79 Å². The van der Waals surface area contributed by atoms with E-state index in [-0.39, 0.29) is 18.1 Å². The van der Waals surface area contributed by atoms with Crippen LogP contribution in [0, 0.1) is 11.3 Å². The van der Waals surface area contributed by atoms with E-state index in [0.717, 1.165) is 19.3 Å². The average molecular weight is 308 g/mol. The van der Waals surface area contributed by atoms with Crippen LogP contribution in [0.25, 0.3) is 0 Å². The van der Waals surface area contributed by atoms with Crippen LogP contribution in [-0.2, 0) is 11.2 Å². The van der Waals surface area contributed by atoms with Crippen molar-refractivity contribution >= 4 is 5.91 Å². The first-order valence-corrected chi connectivity index (χ1v) is 7.29. The number of carbonyl (C=O) groups is 1. The molecule has 0 aliphatic heterocycles. The Labute approximate surface area is 128 Å². The van der Waals surface area contributed by atoms with Crippen molar-refractivity contribution in [3.8, 4) is 11.8 Å². The molecule has 0 heterocycles. The predicted molar refractivity (Wildman–Crippen MR) is 76.3 cm³/mol. The number of amides is 1. The number of rotatable bonds is 5. The molecule has 0 saturated heterocycles. The maximum atomic E-state index is 12.1. The molecule has 0 bridgehead atoms. The van der Waals surface area contributed by atoms with E-state index in [1.54, 1.807) is 12.1 Å². The summed E-state index contributed by atoms with van der Waals surface area (Å²) in [6.07, 6.45) is 4.43. The van der Waals surface area contributed by atoms with E-state index in [1.165, 1.54) is 12.1 Å². The molecular formula is C16H18F2N2O2. The SMILES string of the molecule is N#CC1(NC(=O)Cc2ccc(OC(F)F)cc2)CCCCC1. The molecule has 0 unspecified atom stereocenters. The van der Waals surface area contributed by atoms with E-state index >= 15 is 0 Å².